The van der Waals surface area contributed by atoms with Gasteiger partial charge in [0.1, 0.15) is 6.10 Å². The lowest BCUT2D eigenvalue weighted by Crippen LogP contribution is -2.17. The summed E-state index contributed by atoms with van der Waals surface area (Å²) in [6.07, 6.45) is 1.00. The molecule has 0 aliphatic heterocycles. The fourth-order valence-corrected chi connectivity index (χ4v) is 1.45. The van der Waals surface area contributed by atoms with E-state index >= 15 is 0 Å². The molecule has 1 heterocycles. The van der Waals surface area contributed by atoms with Gasteiger partial charge in [-0.2, -0.15) is 0 Å². The topological polar surface area (TPSA) is 59.2 Å². The van der Waals surface area contributed by atoms with Crippen molar-refractivity contribution in [3.8, 4) is 0 Å². The van der Waals surface area contributed by atoms with E-state index in [1.54, 1.807) is 13.0 Å². The lowest BCUT2D eigenvalue weighted by Gasteiger charge is -2.10. The molecule has 1 aromatic heterocycles. The number of aromatic amines is 1. The summed E-state index contributed by atoms with van der Waals surface area (Å²) in [5, 5.41) is 0. The van der Waals surface area contributed by atoms with Gasteiger partial charge in [0.2, 0.25) is 0 Å². The van der Waals surface area contributed by atoms with Crippen LogP contribution in [0, 0.1) is 0 Å². The Hall–Kier alpha value is -1.10. The Bertz CT molecular complexity index is 399. The van der Waals surface area contributed by atoms with Crippen molar-refractivity contribution in [1.82, 2.24) is 4.98 Å². The third-order valence-corrected chi connectivity index (χ3v) is 2.14. The number of hydrogen-bond acceptors (Lipinski definition) is 3. The van der Waals surface area contributed by atoms with Crippen LogP contribution in [0.15, 0.2) is 21.5 Å². The standard InChI is InChI=1S/C9H10BrNO3/c1-5(14-6(2)12)8-3-7(10)4-11-9(8)13/h3-5H,1-2H3,(H,11,13). The minimum absolute atomic E-state index is 0.248. The summed E-state index contributed by atoms with van der Waals surface area (Å²) in [5.41, 5.74) is 0.177. The summed E-state index contributed by atoms with van der Waals surface area (Å²) < 4.78 is 5.63. The lowest BCUT2D eigenvalue weighted by atomic mass is 10.2. The summed E-state index contributed by atoms with van der Waals surface area (Å²) in [4.78, 5) is 24.5. The second kappa shape index (κ2) is 4.41. The fourth-order valence-electron chi connectivity index (χ4n) is 1.09. The SMILES string of the molecule is CC(=O)OC(C)c1cc(Br)c[nH]c1=O. The first kappa shape index (κ1) is 11.0. The Morgan fingerprint density at radius 1 is 1.64 bits per heavy atom. The van der Waals surface area contributed by atoms with Crippen LogP contribution in [0.5, 0.6) is 0 Å². The summed E-state index contributed by atoms with van der Waals surface area (Å²) >= 11 is 3.22. The number of esters is 1. The molecule has 0 radical (unpaired) electrons. The first-order valence-electron chi connectivity index (χ1n) is 4.06. The first-order valence-corrected chi connectivity index (χ1v) is 4.85. The van der Waals surface area contributed by atoms with Crippen LogP contribution in [0.4, 0.5) is 0 Å². The number of H-pyrrole nitrogens is 1. The monoisotopic (exact) mass is 259 g/mol. The number of carbonyl (C=O) groups excluding carboxylic acids is 1. The highest BCUT2D eigenvalue weighted by Crippen LogP contribution is 2.16. The van der Waals surface area contributed by atoms with E-state index in [2.05, 4.69) is 20.9 Å². The van der Waals surface area contributed by atoms with Gasteiger partial charge >= 0.3 is 5.97 Å². The molecule has 1 unspecified atom stereocenters. The largest absolute Gasteiger partial charge is 0.458 e. The molecule has 1 rings (SSSR count). The second-order valence-corrected chi connectivity index (χ2v) is 3.77. The molecular formula is C9H10BrNO3. The number of rotatable bonds is 2. The zero-order valence-corrected chi connectivity index (χ0v) is 9.42. The number of carbonyl (C=O) groups is 1. The zero-order chi connectivity index (χ0) is 10.7. The predicted octanol–water partition coefficient (Wildman–Crippen LogP) is 1.76. The number of hydrogen-bond donors (Lipinski definition) is 1. The molecule has 1 N–H and O–H groups in total. The Balaban J connectivity index is 2.99. The van der Waals surface area contributed by atoms with Gasteiger partial charge < -0.3 is 9.72 Å². The number of nitrogens with one attached hydrogen (secondary N) is 1. The van der Waals surface area contributed by atoms with E-state index in [0.717, 1.165) is 4.47 Å². The van der Waals surface area contributed by atoms with E-state index in [0.29, 0.717) is 5.56 Å². The van der Waals surface area contributed by atoms with Gasteiger partial charge in [0, 0.05) is 17.6 Å². The van der Waals surface area contributed by atoms with E-state index in [4.69, 9.17) is 4.74 Å². The van der Waals surface area contributed by atoms with E-state index in [1.807, 2.05) is 0 Å². The lowest BCUT2D eigenvalue weighted by molar-refractivity contribution is -0.145. The van der Waals surface area contributed by atoms with Crippen molar-refractivity contribution < 1.29 is 9.53 Å². The molecule has 0 bridgehead atoms. The molecule has 76 valence electrons. The van der Waals surface area contributed by atoms with E-state index in [-0.39, 0.29) is 5.56 Å². The minimum atomic E-state index is -0.534. The molecule has 0 amide bonds. The molecule has 0 saturated heterocycles. The molecule has 0 aliphatic rings. The second-order valence-electron chi connectivity index (χ2n) is 2.85. The summed E-state index contributed by atoms with van der Waals surface area (Å²) in [6.45, 7) is 2.96. The highest BCUT2D eigenvalue weighted by atomic mass is 79.9. The number of halogens is 1. The Morgan fingerprint density at radius 3 is 2.86 bits per heavy atom. The van der Waals surface area contributed by atoms with Gasteiger partial charge in [0.25, 0.3) is 5.56 Å². The third kappa shape index (κ3) is 2.70. The molecule has 5 heteroatoms. The Kier molecular flexibility index (Phi) is 3.46. The van der Waals surface area contributed by atoms with E-state index < -0.39 is 12.1 Å². The molecule has 14 heavy (non-hydrogen) atoms. The average Bonchev–Trinajstić information content (AvgIpc) is 2.08. The fraction of sp³-hybridized carbons (Fsp3) is 0.333. The highest BCUT2D eigenvalue weighted by molar-refractivity contribution is 9.10. The van der Waals surface area contributed by atoms with E-state index in [9.17, 15) is 9.59 Å². The van der Waals surface area contributed by atoms with Gasteiger partial charge in [0.15, 0.2) is 0 Å². The molecule has 0 spiro atoms. The molecule has 4 nitrogen and oxygen atoms in total. The maximum absolute atomic E-state index is 11.3. The van der Waals surface area contributed by atoms with Gasteiger partial charge in [-0.05, 0) is 28.9 Å². The van der Waals surface area contributed by atoms with Crippen molar-refractivity contribution in [2.45, 2.75) is 20.0 Å². The predicted molar refractivity (Wildman–Crippen MR) is 54.9 cm³/mol. The molecule has 0 aliphatic carbocycles. The molecule has 1 atom stereocenters. The van der Waals surface area contributed by atoms with Crippen LogP contribution in [-0.2, 0) is 9.53 Å². The van der Waals surface area contributed by atoms with Crippen LogP contribution in [0.25, 0.3) is 0 Å². The molecule has 1 aromatic rings. The maximum atomic E-state index is 11.3. The van der Waals surface area contributed by atoms with Gasteiger partial charge in [-0.3, -0.25) is 9.59 Å². The summed E-state index contributed by atoms with van der Waals surface area (Å²) in [7, 11) is 0. The quantitative estimate of drug-likeness (QED) is 0.824. The van der Waals surface area contributed by atoms with E-state index in [1.165, 1.54) is 13.1 Å². The van der Waals surface area contributed by atoms with Crippen molar-refractivity contribution in [2.75, 3.05) is 0 Å². The average molecular weight is 260 g/mol. The Labute approximate surface area is 89.4 Å². The van der Waals surface area contributed by atoms with Gasteiger partial charge in [0.05, 0.1) is 5.56 Å². The zero-order valence-electron chi connectivity index (χ0n) is 7.83. The van der Waals surface area contributed by atoms with Crippen molar-refractivity contribution in [3.05, 3.63) is 32.7 Å². The van der Waals surface area contributed by atoms with Crippen LogP contribution in [0.1, 0.15) is 25.5 Å². The Morgan fingerprint density at radius 2 is 2.29 bits per heavy atom. The normalized spacial score (nSPS) is 12.2. The molecule has 0 fully saturated rings. The summed E-state index contributed by atoms with van der Waals surface area (Å²) in [5.74, 6) is -0.406. The van der Waals surface area contributed by atoms with Crippen LogP contribution < -0.4 is 5.56 Å². The van der Waals surface area contributed by atoms with Crippen LogP contribution in [-0.4, -0.2) is 11.0 Å². The van der Waals surface area contributed by atoms with Gasteiger partial charge in [-0.1, -0.05) is 0 Å². The van der Waals surface area contributed by atoms with Crippen LogP contribution >= 0.6 is 15.9 Å². The van der Waals surface area contributed by atoms with Gasteiger partial charge in [-0.15, -0.1) is 0 Å². The van der Waals surface area contributed by atoms with Crippen molar-refractivity contribution in [1.29, 1.82) is 0 Å². The van der Waals surface area contributed by atoms with Crippen molar-refractivity contribution >= 4 is 21.9 Å². The van der Waals surface area contributed by atoms with Crippen molar-refractivity contribution in [2.24, 2.45) is 0 Å². The highest BCUT2D eigenvalue weighted by Gasteiger charge is 2.12. The maximum Gasteiger partial charge on any atom is 0.303 e. The molecular weight excluding hydrogens is 250 g/mol. The number of ether oxygens (including phenoxy) is 1. The number of pyridine rings is 1. The minimum Gasteiger partial charge on any atom is -0.458 e. The van der Waals surface area contributed by atoms with Crippen LogP contribution in [0.3, 0.4) is 0 Å². The number of aromatic nitrogens is 1. The first-order chi connectivity index (χ1) is 6.50. The summed E-state index contributed by atoms with van der Waals surface area (Å²) in [6, 6.07) is 1.63. The van der Waals surface area contributed by atoms with Crippen LogP contribution in [0.2, 0.25) is 0 Å². The smallest absolute Gasteiger partial charge is 0.303 e. The third-order valence-electron chi connectivity index (χ3n) is 1.68. The molecule has 0 aromatic carbocycles. The van der Waals surface area contributed by atoms with Gasteiger partial charge in [-0.25, -0.2) is 0 Å². The van der Waals surface area contributed by atoms with Crippen molar-refractivity contribution in [3.63, 3.8) is 0 Å². The molecule has 0 saturated carbocycles.